The van der Waals surface area contributed by atoms with E-state index in [1.54, 1.807) is 16.8 Å². The first kappa shape index (κ1) is 21.5. The molecule has 4 rings (SSSR count). The Morgan fingerprint density at radius 3 is 2.55 bits per heavy atom. The van der Waals surface area contributed by atoms with E-state index in [9.17, 15) is 4.79 Å². The Labute approximate surface area is 187 Å². The third-order valence-corrected chi connectivity index (χ3v) is 5.94. The van der Waals surface area contributed by atoms with E-state index in [4.69, 9.17) is 11.6 Å². The second-order valence-corrected chi connectivity index (χ2v) is 8.39. The summed E-state index contributed by atoms with van der Waals surface area (Å²) in [6, 6.07) is 17.3. The summed E-state index contributed by atoms with van der Waals surface area (Å²) in [5.41, 5.74) is 2.84. The zero-order valence-corrected chi connectivity index (χ0v) is 18.6. The summed E-state index contributed by atoms with van der Waals surface area (Å²) in [5.74, 6) is -0.228. The Kier molecular flexibility index (Phi) is 6.65. The average Bonchev–Trinajstić information content (AvgIpc) is 3.17. The predicted molar refractivity (Wildman–Crippen MR) is 122 cm³/mol. The van der Waals surface area contributed by atoms with Gasteiger partial charge >= 0.3 is 0 Å². The number of benzene rings is 2. The highest BCUT2D eigenvalue weighted by Crippen LogP contribution is 2.19. The molecule has 1 aromatic heterocycles. The summed E-state index contributed by atoms with van der Waals surface area (Å²) in [6.45, 7) is 6.63. The zero-order chi connectivity index (χ0) is 21.8. The molecule has 1 unspecified atom stereocenters. The van der Waals surface area contributed by atoms with Crippen molar-refractivity contribution in [1.29, 1.82) is 0 Å². The molecule has 0 spiro atoms. The van der Waals surface area contributed by atoms with Gasteiger partial charge in [0.2, 0.25) is 0 Å². The van der Waals surface area contributed by atoms with Gasteiger partial charge in [-0.3, -0.25) is 9.69 Å². The first-order valence-electron chi connectivity index (χ1n) is 10.5. The minimum Gasteiger partial charge on any atom is -0.342 e. The quantitative estimate of drug-likeness (QED) is 0.641. The van der Waals surface area contributed by atoms with Crippen molar-refractivity contribution in [2.45, 2.75) is 13.0 Å². The molecule has 1 aliphatic heterocycles. The molecule has 0 radical (unpaired) electrons. The van der Waals surface area contributed by atoms with Crippen molar-refractivity contribution in [3.8, 4) is 5.69 Å². The average molecular weight is 439 g/mol. The predicted octanol–water partition coefficient (Wildman–Crippen LogP) is 2.95. The number of piperazine rings is 1. The molecule has 0 bridgehead atoms. The lowest BCUT2D eigenvalue weighted by Gasteiger charge is -2.35. The highest BCUT2D eigenvalue weighted by molar-refractivity contribution is 6.30. The smallest absolute Gasteiger partial charge is 0.274 e. The molecular formula is C23H27ClN6O. The summed E-state index contributed by atoms with van der Waals surface area (Å²) in [4.78, 5) is 17.9. The van der Waals surface area contributed by atoms with E-state index in [0.717, 1.165) is 44.0 Å². The third-order valence-electron chi connectivity index (χ3n) is 5.71. The van der Waals surface area contributed by atoms with Crippen LogP contribution in [0.1, 0.15) is 27.8 Å². The molecule has 1 atom stereocenters. The SMILES string of the molecule is Cc1c(C(=O)NC(CN2CCN(C)CC2)c2ccccc2)nnn1-c1cccc(Cl)c1. The topological polar surface area (TPSA) is 66.3 Å². The van der Waals surface area contributed by atoms with Gasteiger partial charge in [0.25, 0.3) is 5.91 Å². The van der Waals surface area contributed by atoms with Crippen LogP contribution in [-0.2, 0) is 0 Å². The number of halogens is 1. The Bertz CT molecular complexity index is 1030. The van der Waals surface area contributed by atoms with Gasteiger partial charge in [-0.2, -0.15) is 0 Å². The van der Waals surface area contributed by atoms with Gasteiger partial charge in [-0.25, -0.2) is 4.68 Å². The summed E-state index contributed by atoms with van der Waals surface area (Å²) in [7, 11) is 2.14. The maximum atomic E-state index is 13.2. The fourth-order valence-corrected chi connectivity index (χ4v) is 4.01. The molecule has 1 N–H and O–H groups in total. The van der Waals surface area contributed by atoms with Crippen molar-refractivity contribution in [3.05, 3.63) is 76.6 Å². The third kappa shape index (κ3) is 5.12. The highest BCUT2D eigenvalue weighted by Gasteiger charge is 2.24. The molecule has 0 aliphatic carbocycles. The fraction of sp³-hybridized carbons (Fsp3) is 0.348. The van der Waals surface area contributed by atoms with Crippen LogP contribution in [0.15, 0.2) is 54.6 Å². The lowest BCUT2D eigenvalue weighted by Crippen LogP contribution is -2.47. The zero-order valence-electron chi connectivity index (χ0n) is 17.8. The molecule has 162 valence electrons. The minimum absolute atomic E-state index is 0.132. The summed E-state index contributed by atoms with van der Waals surface area (Å²) < 4.78 is 1.64. The van der Waals surface area contributed by atoms with E-state index in [1.807, 2.05) is 37.3 Å². The van der Waals surface area contributed by atoms with Gasteiger partial charge in [0.05, 0.1) is 17.4 Å². The van der Waals surface area contributed by atoms with Crippen LogP contribution < -0.4 is 5.32 Å². The van der Waals surface area contributed by atoms with Crippen molar-refractivity contribution in [2.75, 3.05) is 39.8 Å². The number of carbonyl (C=O) groups is 1. The van der Waals surface area contributed by atoms with E-state index < -0.39 is 0 Å². The molecule has 1 saturated heterocycles. The normalized spacial score (nSPS) is 16.2. The van der Waals surface area contributed by atoms with Crippen molar-refractivity contribution in [1.82, 2.24) is 30.1 Å². The number of amides is 1. The summed E-state index contributed by atoms with van der Waals surface area (Å²) in [6.07, 6.45) is 0. The van der Waals surface area contributed by atoms with Gasteiger partial charge in [0, 0.05) is 37.7 Å². The summed E-state index contributed by atoms with van der Waals surface area (Å²) >= 11 is 6.11. The van der Waals surface area contributed by atoms with Gasteiger partial charge in [0.15, 0.2) is 5.69 Å². The maximum Gasteiger partial charge on any atom is 0.274 e. The Morgan fingerprint density at radius 1 is 1.10 bits per heavy atom. The molecule has 2 heterocycles. The number of rotatable bonds is 6. The monoisotopic (exact) mass is 438 g/mol. The molecule has 1 fully saturated rings. The molecule has 3 aromatic rings. The lowest BCUT2D eigenvalue weighted by atomic mass is 10.1. The Balaban J connectivity index is 1.54. The Morgan fingerprint density at radius 2 is 1.84 bits per heavy atom. The molecular weight excluding hydrogens is 412 g/mol. The number of aromatic nitrogens is 3. The van der Waals surface area contributed by atoms with Gasteiger partial charge in [-0.05, 0) is 37.7 Å². The van der Waals surface area contributed by atoms with E-state index in [1.165, 1.54) is 0 Å². The van der Waals surface area contributed by atoms with Crippen molar-refractivity contribution in [2.24, 2.45) is 0 Å². The first-order valence-corrected chi connectivity index (χ1v) is 10.8. The molecule has 1 aliphatic rings. The van der Waals surface area contributed by atoms with Crippen LogP contribution in [-0.4, -0.2) is 70.5 Å². The highest BCUT2D eigenvalue weighted by atomic mass is 35.5. The number of likely N-dealkylation sites (N-methyl/N-ethyl adjacent to an activating group) is 1. The van der Waals surface area contributed by atoms with Crippen LogP contribution in [0.2, 0.25) is 5.02 Å². The van der Waals surface area contributed by atoms with Crippen LogP contribution >= 0.6 is 11.6 Å². The van der Waals surface area contributed by atoms with Crippen LogP contribution in [0.5, 0.6) is 0 Å². The first-order chi connectivity index (χ1) is 15.0. The van der Waals surface area contributed by atoms with Crippen LogP contribution in [0.4, 0.5) is 0 Å². The van der Waals surface area contributed by atoms with Gasteiger partial charge < -0.3 is 10.2 Å². The van der Waals surface area contributed by atoms with Crippen molar-refractivity contribution in [3.63, 3.8) is 0 Å². The number of nitrogens with one attached hydrogen (secondary N) is 1. The number of hydrogen-bond acceptors (Lipinski definition) is 5. The van der Waals surface area contributed by atoms with E-state index in [0.29, 0.717) is 16.4 Å². The fourth-order valence-electron chi connectivity index (χ4n) is 3.83. The van der Waals surface area contributed by atoms with Crippen molar-refractivity contribution >= 4 is 17.5 Å². The molecule has 2 aromatic carbocycles. The van der Waals surface area contributed by atoms with Gasteiger partial charge in [0.1, 0.15) is 0 Å². The summed E-state index contributed by atoms with van der Waals surface area (Å²) in [5, 5.41) is 12.1. The van der Waals surface area contributed by atoms with Crippen LogP contribution in [0.25, 0.3) is 5.69 Å². The van der Waals surface area contributed by atoms with Gasteiger partial charge in [-0.1, -0.05) is 53.2 Å². The molecule has 8 heteroatoms. The van der Waals surface area contributed by atoms with E-state index in [-0.39, 0.29) is 11.9 Å². The number of nitrogens with zero attached hydrogens (tertiary/aromatic N) is 5. The minimum atomic E-state index is -0.228. The molecule has 1 amide bonds. The van der Waals surface area contributed by atoms with Crippen molar-refractivity contribution < 1.29 is 4.79 Å². The number of carbonyl (C=O) groups excluding carboxylic acids is 1. The molecule has 31 heavy (non-hydrogen) atoms. The van der Waals surface area contributed by atoms with E-state index >= 15 is 0 Å². The second-order valence-electron chi connectivity index (χ2n) is 7.96. The van der Waals surface area contributed by atoms with E-state index in [2.05, 4.69) is 44.6 Å². The Hall–Kier alpha value is -2.74. The lowest BCUT2D eigenvalue weighted by molar-refractivity contribution is 0.0901. The molecule has 0 saturated carbocycles. The van der Waals surface area contributed by atoms with Crippen LogP contribution in [0, 0.1) is 6.92 Å². The second kappa shape index (κ2) is 9.60. The molecule has 7 nitrogen and oxygen atoms in total. The number of hydrogen-bond donors (Lipinski definition) is 1. The standard InChI is InChI=1S/C23H27ClN6O/c1-17-22(26-27-30(17)20-10-6-9-19(24)15-20)23(31)25-21(18-7-4-3-5-8-18)16-29-13-11-28(2)12-14-29/h3-10,15,21H,11-14,16H2,1-2H3,(H,25,31). The van der Waals surface area contributed by atoms with Gasteiger partial charge in [-0.15, -0.1) is 5.10 Å². The largest absolute Gasteiger partial charge is 0.342 e. The van der Waals surface area contributed by atoms with Crippen LogP contribution in [0.3, 0.4) is 0 Å². The maximum absolute atomic E-state index is 13.2.